The molecule has 0 spiro atoms. The molecule has 2 fully saturated rings. The molecule has 28 heavy (non-hydrogen) atoms. The van der Waals surface area contributed by atoms with Crippen molar-refractivity contribution in [2.24, 2.45) is 4.99 Å². The number of nitrogens with zero attached hydrogens (tertiary/aromatic N) is 3. The van der Waals surface area contributed by atoms with E-state index in [1.807, 2.05) is 22.9 Å². The summed E-state index contributed by atoms with van der Waals surface area (Å²) in [5.74, 6) is 0.917. The second kappa shape index (κ2) is 8.78. The maximum absolute atomic E-state index is 5.94. The lowest BCUT2D eigenvalue weighted by atomic mass is 9.96. The number of ether oxygens (including phenoxy) is 1. The number of aliphatic imine (C=N–C) groups is 1. The highest BCUT2D eigenvalue weighted by atomic mass is 16.5. The predicted octanol–water partition coefficient (Wildman–Crippen LogP) is 2.99. The Hall–Kier alpha value is -2.34. The highest BCUT2D eigenvalue weighted by Gasteiger charge is 2.41. The minimum Gasteiger partial charge on any atom is -0.373 e. The molecule has 0 aliphatic carbocycles. The predicted molar refractivity (Wildman–Crippen MR) is 112 cm³/mol. The first-order valence-electron chi connectivity index (χ1n) is 10.5. The Morgan fingerprint density at radius 3 is 2.86 bits per heavy atom. The molecule has 2 aliphatic rings. The minimum absolute atomic E-state index is 0.361. The lowest BCUT2D eigenvalue weighted by Crippen LogP contribution is -2.47. The number of benzene rings is 1. The second-order valence-corrected chi connectivity index (χ2v) is 7.74. The second-order valence-electron chi connectivity index (χ2n) is 7.74. The quantitative estimate of drug-likeness (QED) is 0.440. The van der Waals surface area contributed by atoms with E-state index in [2.05, 4.69) is 47.9 Å². The highest BCUT2D eigenvalue weighted by Crippen LogP contribution is 2.34. The summed E-state index contributed by atoms with van der Waals surface area (Å²) in [6.07, 6.45) is 8.44. The maximum atomic E-state index is 5.94. The summed E-state index contributed by atoms with van der Waals surface area (Å²) in [5, 5.41) is 11.6. The van der Waals surface area contributed by atoms with Crippen LogP contribution in [0.25, 0.3) is 5.69 Å². The largest absolute Gasteiger partial charge is 0.373 e. The average Bonchev–Trinajstić information content (AvgIpc) is 3.42. The first-order chi connectivity index (χ1) is 13.7. The van der Waals surface area contributed by atoms with Gasteiger partial charge in [-0.3, -0.25) is 4.99 Å². The molecular weight excluding hydrogens is 350 g/mol. The number of aryl methyl sites for hydroxylation is 2. The molecule has 150 valence electrons. The van der Waals surface area contributed by atoms with Gasteiger partial charge in [0, 0.05) is 19.3 Å². The number of nitrogens with one attached hydrogen (secondary N) is 2. The van der Waals surface area contributed by atoms with Crippen LogP contribution in [0.5, 0.6) is 0 Å². The minimum atomic E-state index is 0.361. The first kappa shape index (κ1) is 19.0. The summed E-state index contributed by atoms with van der Waals surface area (Å²) in [5.41, 5.74) is 3.48. The number of rotatable bonds is 7. The van der Waals surface area contributed by atoms with Gasteiger partial charge in [0.1, 0.15) is 0 Å². The lowest BCUT2D eigenvalue weighted by molar-refractivity contribution is 0.0992. The van der Waals surface area contributed by atoms with Crippen LogP contribution in [0.1, 0.15) is 43.9 Å². The summed E-state index contributed by atoms with van der Waals surface area (Å²) < 4.78 is 7.91. The Morgan fingerprint density at radius 1 is 1.29 bits per heavy atom. The van der Waals surface area contributed by atoms with Crippen LogP contribution in [-0.2, 0) is 11.2 Å². The third-order valence-electron chi connectivity index (χ3n) is 5.67. The first-order valence-corrected chi connectivity index (χ1v) is 10.5. The van der Waals surface area contributed by atoms with Crippen LogP contribution in [0.3, 0.4) is 0 Å². The van der Waals surface area contributed by atoms with Crippen molar-refractivity contribution in [1.29, 1.82) is 0 Å². The third-order valence-corrected chi connectivity index (χ3v) is 5.67. The fraction of sp³-hybridized carbons (Fsp3) is 0.545. The maximum Gasteiger partial charge on any atom is 0.191 e. The van der Waals surface area contributed by atoms with Gasteiger partial charge in [0.2, 0.25) is 0 Å². The van der Waals surface area contributed by atoms with Crippen molar-refractivity contribution in [3.8, 4) is 5.69 Å². The topological polar surface area (TPSA) is 63.5 Å². The molecule has 2 aliphatic heterocycles. The standard InChI is InChI=1S/C22H31N5O/c1-3-23-22(25-20-14-19-11-12-21(20)28-19)24-13-7-8-17-15-27(26-16(17)2)18-9-5-4-6-10-18/h4-6,9-10,15,19-21H,3,7-8,11-14H2,1-2H3,(H2,23,24,25). The van der Waals surface area contributed by atoms with Crippen molar-refractivity contribution in [3.63, 3.8) is 0 Å². The Balaban J connectivity index is 1.30. The molecule has 3 heterocycles. The number of para-hydroxylation sites is 1. The van der Waals surface area contributed by atoms with Gasteiger partial charge in [-0.05, 0) is 63.6 Å². The van der Waals surface area contributed by atoms with Gasteiger partial charge >= 0.3 is 0 Å². The van der Waals surface area contributed by atoms with Crippen molar-refractivity contribution in [2.75, 3.05) is 13.1 Å². The zero-order valence-electron chi connectivity index (χ0n) is 16.9. The average molecular weight is 382 g/mol. The van der Waals surface area contributed by atoms with E-state index in [4.69, 9.17) is 9.73 Å². The van der Waals surface area contributed by atoms with Gasteiger partial charge in [-0.1, -0.05) is 18.2 Å². The van der Waals surface area contributed by atoms with Crippen LogP contribution in [0, 0.1) is 6.92 Å². The SMILES string of the molecule is CCNC(=NCCCc1cn(-c2ccccc2)nc1C)NC1CC2CCC1O2. The fourth-order valence-electron chi connectivity index (χ4n) is 4.20. The zero-order valence-corrected chi connectivity index (χ0v) is 16.9. The lowest BCUT2D eigenvalue weighted by Gasteiger charge is -2.22. The number of fused-ring (bicyclic) bond motifs is 2. The van der Waals surface area contributed by atoms with E-state index >= 15 is 0 Å². The molecule has 0 amide bonds. The van der Waals surface area contributed by atoms with Crippen LogP contribution < -0.4 is 10.6 Å². The normalized spacial score (nSPS) is 23.9. The van der Waals surface area contributed by atoms with Gasteiger partial charge in [-0.15, -0.1) is 0 Å². The molecule has 2 bridgehead atoms. The Morgan fingerprint density at radius 2 is 2.14 bits per heavy atom. The third kappa shape index (κ3) is 4.38. The van der Waals surface area contributed by atoms with Crippen molar-refractivity contribution >= 4 is 5.96 Å². The van der Waals surface area contributed by atoms with Crippen molar-refractivity contribution < 1.29 is 4.74 Å². The van der Waals surface area contributed by atoms with Crippen molar-refractivity contribution in [2.45, 2.75) is 64.2 Å². The molecule has 0 saturated carbocycles. The summed E-state index contributed by atoms with van der Waals surface area (Å²) in [4.78, 5) is 4.78. The van der Waals surface area contributed by atoms with E-state index in [1.165, 1.54) is 18.4 Å². The van der Waals surface area contributed by atoms with Gasteiger partial charge in [0.25, 0.3) is 0 Å². The molecule has 2 aromatic rings. The van der Waals surface area contributed by atoms with E-state index in [1.54, 1.807) is 0 Å². The van der Waals surface area contributed by atoms with Gasteiger partial charge in [-0.2, -0.15) is 5.10 Å². The summed E-state index contributed by atoms with van der Waals surface area (Å²) in [6.45, 7) is 5.86. The van der Waals surface area contributed by atoms with Crippen molar-refractivity contribution in [3.05, 3.63) is 47.8 Å². The summed E-state index contributed by atoms with van der Waals surface area (Å²) >= 11 is 0. The zero-order chi connectivity index (χ0) is 19.3. The molecular formula is C22H31N5O. The van der Waals surface area contributed by atoms with Crippen LogP contribution in [0.15, 0.2) is 41.5 Å². The molecule has 2 N–H and O–H groups in total. The van der Waals surface area contributed by atoms with Gasteiger partial charge < -0.3 is 15.4 Å². The smallest absolute Gasteiger partial charge is 0.191 e. The number of hydrogen-bond donors (Lipinski definition) is 2. The highest BCUT2D eigenvalue weighted by molar-refractivity contribution is 5.80. The van der Waals surface area contributed by atoms with Gasteiger partial charge in [-0.25, -0.2) is 4.68 Å². The number of aromatic nitrogens is 2. The molecule has 4 rings (SSSR count). The van der Waals surface area contributed by atoms with Crippen LogP contribution in [-0.4, -0.2) is 47.1 Å². The Kier molecular flexibility index (Phi) is 5.95. The molecule has 3 unspecified atom stereocenters. The molecule has 0 radical (unpaired) electrons. The molecule has 1 aromatic carbocycles. The number of hydrogen-bond acceptors (Lipinski definition) is 3. The van der Waals surface area contributed by atoms with E-state index in [-0.39, 0.29) is 0 Å². The Bertz CT molecular complexity index is 801. The van der Waals surface area contributed by atoms with E-state index in [0.29, 0.717) is 18.2 Å². The molecule has 1 aromatic heterocycles. The van der Waals surface area contributed by atoms with E-state index in [0.717, 1.165) is 49.7 Å². The molecule has 2 saturated heterocycles. The summed E-state index contributed by atoms with van der Waals surface area (Å²) in [6, 6.07) is 10.7. The molecule has 3 atom stereocenters. The Labute approximate surface area is 167 Å². The van der Waals surface area contributed by atoms with Gasteiger partial charge in [0.05, 0.1) is 29.6 Å². The van der Waals surface area contributed by atoms with Crippen LogP contribution >= 0.6 is 0 Å². The van der Waals surface area contributed by atoms with Crippen LogP contribution in [0.2, 0.25) is 0 Å². The van der Waals surface area contributed by atoms with Gasteiger partial charge in [0.15, 0.2) is 5.96 Å². The summed E-state index contributed by atoms with van der Waals surface area (Å²) in [7, 11) is 0. The molecule has 6 heteroatoms. The fourth-order valence-corrected chi connectivity index (χ4v) is 4.20. The van der Waals surface area contributed by atoms with E-state index in [9.17, 15) is 0 Å². The van der Waals surface area contributed by atoms with E-state index < -0.39 is 0 Å². The van der Waals surface area contributed by atoms with Crippen molar-refractivity contribution in [1.82, 2.24) is 20.4 Å². The molecule has 6 nitrogen and oxygen atoms in total. The number of guanidine groups is 1. The monoisotopic (exact) mass is 381 g/mol. The van der Waals surface area contributed by atoms with Crippen LogP contribution in [0.4, 0.5) is 0 Å².